The maximum atomic E-state index is 13.9. The summed E-state index contributed by atoms with van der Waals surface area (Å²) >= 11 is 0. The number of hydrogen-bond acceptors (Lipinski definition) is 7. The molecule has 0 aromatic carbocycles. The first-order chi connectivity index (χ1) is 17.8. The van der Waals surface area contributed by atoms with Crippen molar-refractivity contribution in [2.45, 2.75) is 108 Å². The fourth-order valence-electron chi connectivity index (χ4n) is 6.60. The van der Waals surface area contributed by atoms with Crippen LogP contribution in [0.1, 0.15) is 84.0 Å². The Morgan fingerprint density at radius 1 is 1.11 bits per heavy atom. The minimum atomic E-state index is -3.99. The lowest BCUT2D eigenvalue weighted by Gasteiger charge is -2.39. The van der Waals surface area contributed by atoms with Gasteiger partial charge in [-0.15, -0.1) is 0 Å². The highest BCUT2D eigenvalue weighted by molar-refractivity contribution is 8.03. The van der Waals surface area contributed by atoms with Crippen LogP contribution in [0.2, 0.25) is 0 Å². The van der Waals surface area contributed by atoms with E-state index < -0.39 is 33.5 Å². The Morgan fingerprint density at radius 3 is 2.51 bits per heavy atom. The molecule has 3 fully saturated rings. The Morgan fingerprint density at radius 2 is 1.84 bits per heavy atom. The number of hydrogen-bond donors (Lipinski definition) is 0. The lowest BCUT2D eigenvalue weighted by atomic mass is 9.84. The predicted octanol–water partition coefficient (Wildman–Crippen LogP) is 4.88. The Bertz CT molecular complexity index is 999. The third kappa shape index (κ3) is 6.01. The highest BCUT2D eigenvalue weighted by Crippen LogP contribution is 2.45. The molecule has 4 atom stereocenters. The molecule has 4 unspecified atom stereocenters. The van der Waals surface area contributed by atoms with Crippen molar-refractivity contribution in [1.29, 1.82) is 0 Å². The second-order valence-electron chi connectivity index (χ2n) is 10.6. The molecular formula is C27H40N2O7S. The molecule has 0 aromatic heterocycles. The minimum Gasteiger partial charge on any atom is -0.608 e. The van der Waals surface area contributed by atoms with Crippen molar-refractivity contribution in [3.05, 3.63) is 44.6 Å². The lowest BCUT2D eigenvalue weighted by molar-refractivity contribution is -0.528. The largest absolute Gasteiger partial charge is 0.608 e. The van der Waals surface area contributed by atoms with Gasteiger partial charge in [-0.3, -0.25) is 19.8 Å². The van der Waals surface area contributed by atoms with Crippen molar-refractivity contribution in [2.24, 2.45) is 5.92 Å². The number of nitro groups is 1. The second-order valence-corrected chi connectivity index (χ2v) is 12.7. The maximum Gasteiger partial charge on any atom is 0.305 e. The van der Waals surface area contributed by atoms with E-state index in [1.54, 1.807) is 18.1 Å². The van der Waals surface area contributed by atoms with Crippen LogP contribution in [-0.2, 0) is 28.7 Å². The summed E-state index contributed by atoms with van der Waals surface area (Å²) < 4.78 is 39.1. The smallest absolute Gasteiger partial charge is 0.305 e. The molecule has 3 aliphatic carbocycles. The van der Waals surface area contributed by atoms with E-state index >= 15 is 0 Å². The van der Waals surface area contributed by atoms with Crippen molar-refractivity contribution in [3.63, 3.8) is 0 Å². The molecule has 2 saturated carbocycles. The van der Waals surface area contributed by atoms with Gasteiger partial charge in [0, 0.05) is 42.8 Å². The van der Waals surface area contributed by atoms with E-state index in [2.05, 4.69) is 0 Å². The molecule has 1 amide bonds. The molecule has 0 aromatic rings. The summed E-state index contributed by atoms with van der Waals surface area (Å²) in [4.78, 5) is 26.4. The number of rotatable bonds is 8. The van der Waals surface area contributed by atoms with Gasteiger partial charge in [0.15, 0.2) is 0 Å². The zero-order valence-electron chi connectivity index (χ0n) is 22.0. The van der Waals surface area contributed by atoms with Gasteiger partial charge in [0.1, 0.15) is 10.2 Å². The van der Waals surface area contributed by atoms with Crippen molar-refractivity contribution in [1.82, 2.24) is 4.90 Å². The Balaban J connectivity index is 1.64. The van der Waals surface area contributed by atoms with E-state index in [9.17, 15) is 23.7 Å². The normalized spacial score (nSPS) is 36.5. The van der Waals surface area contributed by atoms with Crippen LogP contribution in [0.5, 0.6) is 0 Å². The molecule has 1 heterocycles. The quantitative estimate of drug-likeness (QED) is 0.187. The summed E-state index contributed by atoms with van der Waals surface area (Å²) in [6, 6.07) is -0.978. The molecule has 4 aliphatic rings. The molecular weight excluding hydrogens is 496 g/mol. The van der Waals surface area contributed by atoms with E-state index in [4.69, 9.17) is 9.47 Å². The monoisotopic (exact) mass is 536 g/mol. The highest BCUT2D eigenvalue weighted by atomic mass is 32.3. The van der Waals surface area contributed by atoms with Gasteiger partial charge < -0.3 is 14.0 Å². The average molecular weight is 537 g/mol. The van der Waals surface area contributed by atoms with Crippen LogP contribution in [0.3, 0.4) is 0 Å². The summed E-state index contributed by atoms with van der Waals surface area (Å²) in [6.45, 7) is 2.58. The standard InChI is InChI=1S/C27H40N2O7S/c1-3-36-23-16-14-21(15-17-23)28-26(30)25(13-7-9-19-8-4-5-12-24(19)35-2)37(33,34)27(28)20-10-6-11-22(18-20)29(31)32/h7,9,13,20-23,27H,3-6,8,10-12,14-18H2,1-2H3/b9-7+,25-13-. The Hall–Kier alpha value is -2.04. The Kier molecular flexibility index (Phi) is 9.24. The zero-order valence-corrected chi connectivity index (χ0v) is 22.8. The summed E-state index contributed by atoms with van der Waals surface area (Å²) in [5.74, 6) is -0.0128. The van der Waals surface area contributed by atoms with E-state index in [-0.39, 0.29) is 28.4 Å². The van der Waals surface area contributed by atoms with Crippen LogP contribution in [-0.4, -0.2) is 57.6 Å². The molecule has 1 aliphatic heterocycles. The summed E-state index contributed by atoms with van der Waals surface area (Å²) in [5, 5.41) is 10.5. The van der Waals surface area contributed by atoms with Gasteiger partial charge in [-0.25, -0.2) is 0 Å². The average Bonchev–Trinajstić information content (AvgIpc) is 3.09. The molecule has 1 saturated heterocycles. The molecule has 10 heteroatoms. The number of ether oxygens (including phenoxy) is 2. The second kappa shape index (κ2) is 12.2. The van der Waals surface area contributed by atoms with Gasteiger partial charge in [-0.2, -0.15) is 0 Å². The van der Waals surface area contributed by atoms with Crippen molar-refractivity contribution in [2.75, 3.05) is 13.7 Å². The van der Waals surface area contributed by atoms with Crippen molar-refractivity contribution >= 4 is 16.1 Å². The van der Waals surface area contributed by atoms with Gasteiger partial charge >= 0.3 is 5.91 Å². The highest BCUT2D eigenvalue weighted by Gasteiger charge is 2.59. The van der Waals surface area contributed by atoms with Crippen LogP contribution in [0.4, 0.5) is 0 Å². The first-order valence-electron chi connectivity index (χ1n) is 13.7. The van der Waals surface area contributed by atoms with Gasteiger partial charge in [0.25, 0.3) is 0 Å². The number of allylic oxidation sites excluding steroid dienone is 5. The number of methoxy groups -OCH3 is 1. The molecule has 0 spiro atoms. The molecule has 0 bridgehead atoms. The zero-order chi connectivity index (χ0) is 26.6. The maximum absolute atomic E-state index is 13.9. The summed E-state index contributed by atoms with van der Waals surface area (Å²) in [6.07, 6.45) is 13.5. The number of carbonyl (C=O) groups excluding carboxylic acids is 1. The number of carbonyl (C=O) groups is 1. The van der Waals surface area contributed by atoms with E-state index in [0.717, 1.165) is 49.9 Å². The van der Waals surface area contributed by atoms with Crippen LogP contribution in [0, 0.1) is 16.0 Å². The van der Waals surface area contributed by atoms with Crippen molar-refractivity contribution < 1.29 is 28.0 Å². The number of amides is 1. The van der Waals surface area contributed by atoms with E-state index in [1.807, 2.05) is 13.0 Å². The fraction of sp³-hybridized carbons (Fsp3) is 0.741. The number of nitrogens with zero attached hydrogens (tertiary/aromatic N) is 2. The molecule has 9 nitrogen and oxygen atoms in total. The SMILES string of the molecule is CCOC1CCC(N2C(=O)/C(=C/C=C/C3=C(OC)CCCC3)[S+](=O)([O-])C2C2CCCC([N+](=O)[O-])C2)CC1. The third-order valence-corrected chi connectivity index (χ3v) is 10.6. The third-order valence-electron chi connectivity index (χ3n) is 8.42. The minimum absolute atomic E-state index is 0.124. The van der Waals surface area contributed by atoms with Crippen LogP contribution in [0.15, 0.2) is 34.5 Å². The Labute approximate surface area is 220 Å². The molecule has 206 valence electrons. The molecule has 37 heavy (non-hydrogen) atoms. The summed E-state index contributed by atoms with van der Waals surface area (Å²) in [7, 11) is -2.34. The van der Waals surface area contributed by atoms with Crippen LogP contribution < -0.4 is 0 Å². The van der Waals surface area contributed by atoms with Gasteiger partial charge in [0.05, 0.1) is 19.0 Å². The van der Waals surface area contributed by atoms with Gasteiger partial charge in [-0.1, -0.05) is 16.4 Å². The van der Waals surface area contributed by atoms with E-state index in [1.165, 1.54) is 6.08 Å². The van der Waals surface area contributed by atoms with Gasteiger partial charge in [0.2, 0.25) is 16.3 Å². The van der Waals surface area contributed by atoms with Crippen molar-refractivity contribution in [3.8, 4) is 0 Å². The van der Waals surface area contributed by atoms with Crippen LogP contribution in [0.25, 0.3) is 0 Å². The summed E-state index contributed by atoms with van der Waals surface area (Å²) in [5.41, 5.74) is 1.03. The fourth-order valence-corrected chi connectivity index (χ4v) is 8.80. The predicted molar refractivity (Wildman–Crippen MR) is 140 cm³/mol. The molecule has 4 rings (SSSR count). The first-order valence-corrected chi connectivity index (χ1v) is 15.3. The molecule has 0 radical (unpaired) electrons. The lowest BCUT2D eigenvalue weighted by Crippen LogP contribution is -2.51. The first kappa shape index (κ1) is 28.0. The van der Waals surface area contributed by atoms with Crippen LogP contribution >= 0.6 is 0 Å². The van der Waals surface area contributed by atoms with Gasteiger partial charge in [-0.05, 0) is 76.4 Å². The number of sulfone groups is 1. The molecule has 0 N–H and O–H groups in total. The van der Waals surface area contributed by atoms with E-state index in [0.29, 0.717) is 38.7 Å². The topological polar surface area (TPSA) is 122 Å².